The van der Waals surface area contributed by atoms with Gasteiger partial charge in [-0.1, -0.05) is 24.3 Å². The van der Waals surface area contributed by atoms with Crippen molar-refractivity contribution in [3.63, 3.8) is 0 Å². The Hall–Kier alpha value is -1.35. The highest BCUT2D eigenvalue weighted by molar-refractivity contribution is 5.95. The van der Waals surface area contributed by atoms with Gasteiger partial charge in [-0.2, -0.15) is 0 Å². The summed E-state index contributed by atoms with van der Waals surface area (Å²) in [6.07, 6.45) is 11.1. The molecule has 2 N–H and O–H groups in total. The van der Waals surface area contributed by atoms with Gasteiger partial charge >= 0.3 is 0 Å². The molecule has 3 nitrogen and oxygen atoms in total. The van der Waals surface area contributed by atoms with Crippen LogP contribution in [0.15, 0.2) is 36.1 Å². The minimum absolute atomic E-state index is 0.0526. The van der Waals surface area contributed by atoms with Crippen LogP contribution in [0.25, 0.3) is 0 Å². The Kier molecular flexibility index (Phi) is 1.99. The average molecular weight is 202 g/mol. The van der Waals surface area contributed by atoms with E-state index in [1.54, 1.807) is 6.20 Å². The van der Waals surface area contributed by atoms with Gasteiger partial charge in [0.05, 0.1) is 0 Å². The number of hydrogen-bond acceptors (Lipinski definition) is 2. The minimum atomic E-state index is 0.0526. The summed E-state index contributed by atoms with van der Waals surface area (Å²) in [7, 11) is 0. The van der Waals surface area contributed by atoms with Crippen molar-refractivity contribution in [2.75, 3.05) is 6.54 Å². The molecule has 0 spiro atoms. The molecule has 0 aromatic rings. The van der Waals surface area contributed by atoms with Gasteiger partial charge in [-0.05, 0) is 18.9 Å². The zero-order chi connectivity index (χ0) is 10.3. The van der Waals surface area contributed by atoms with Crippen LogP contribution in [-0.2, 0) is 4.79 Å². The molecule has 0 radical (unpaired) electrons. The molecular formula is C12H14N2O. The number of nitrogens with one attached hydrogen (secondary N) is 2. The Labute approximate surface area is 88.9 Å². The predicted octanol–water partition coefficient (Wildman–Crippen LogP) is 0.720. The summed E-state index contributed by atoms with van der Waals surface area (Å²) < 4.78 is 0. The van der Waals surface area contributed by atoms with Crippen LogP contribution in [0.2, 0.25) is 0 Å². The molecule has 78 valence electrons. The summed E-state index contributed by atoms with van der Waals surface area (Å²) in [4.78, 5) is 11.8. The number of piperidine rings is 1. The Morgan fingerprint density at radius 2 is 2.27 bits per heavy atom. The molecule has 2 aliphatic heterocycles. The van der Waals surface area contributed by atoms with Crippen LogP contribution in [0.4, 0.5) is 0 Å². The number of hydrogen-bond donors (Lipinski definition) is 2. The zero-order valence-corrected chi connectivity index (χ0v) is 8.44. The molecule has 0 saturated carbocycles. The molecule has 1 saturated heterocycles. The van der Waals surface area contributed by atoms with Crippen molar-refractivity contribution in [1.29, 1.82) is 0 Å². The average Bonchev–Trinajstić information content (AvgIpc) is 2.42. The van der Waals surface area contributed by atoms with Crippen LogP contribution in [0.1, 0.15) is 6.42 Å². The molecule has 1 fully saturated rings. The van der Waals surface area contributed by atoms with Gasteiger partial charge in [0.2, 0.25) is 0 Å². The van der Waals surface area contributed by atoms with Crippen LogP contribution in [0.3, 0.4) is 0 Å². The first-order chi connectivity index (χ1) is 7.36. The lowest BCUT2D eigenvalue weighted by Gasteiger charge is -2.37. The van der Waals surface area contributed by atoms with E-state index in [1.807, 2.05) is 12.2 Å². The molecule has 15 heavy (non-hydrogen) atoms. The summed E-state index contributed by atoms with van der Waals surface area (Å²) in [5.41, 5.74) is 0.921. The fraction of sp³-hybridized carbons (Fsp3) is 0.417. The monoisotopic (exact) mass is 202 g/mol. The van der Waals surface area contributed by atoms with E-state index in [0.717, 1.165) is 18.5 Å². The SMILES string of the molecule is O=C1NC=CC2CCNC3C=CC=C1C23. The lowest BCUT2D eigenvalue weighted by Crippen LogP contribution is -2.47. The molecule has 1 aliphatic carbocycles. The number of carbonyl (C=O) groups is 1. The molecule has 3 aliphatic rings. The van der Waals surface area contributed by atoms with Gasteiger partial charge in [0.25, 0.3) is 5.91 Å². The third kappa shape index (κ3) is 1.35. The number of rotatable bonds is 0. The molecule has 3 atom stereocenters. The van der Waals surface area contributed by atoms with E-state index in [2.05, 4.69) is 22.8 Å². The Balaban J connectivity index is 2.04. The summed E-state index contributed by atoms with van der Waals surface area (Å²) in [6, 6.07) is 0.331. The maximum atomic E-state index is 11.8. The van der Waals surface area contributed by atoms with Gasteiger partial charge in [-0.15, -0.1) is 0 Å². The van der Waals surface area contributed by atoms with Gasteiger partial charge in [-0.25, -0.2) is 0 Å². The van der Waals surface area contributed by atoms with E-state index in [4.69, 9.17) is 0 Å². The van der Waals surface area contributed by atoms with Gasteiger partial charge < -0.3 is 10.6 Å². The van der Waals surface area contributed by atoms with Gasteiger partial charge in [0.1, 0.15) is 0 Å². The van der Waals surface area contributed by atoms with Crippen molar-refractivity contribution in [2.45, 2.75) is 12.5 Å². The van der Waals surface area contributed by atoms with Crippen molar-refractivity contribution in [3.05, 3.63) is 36.1 Å². The van der Waals surface area contributed by atoms with E-state index in [0.29, 0.717) is 17.9 Å². The highest BCUT2D eigenvalue weighted by Crippen LogP contribution is 2.35. The van der Waals surface area contributed by atoms with Crippen molar-refractivity contribution in [2.24, 2.45) is 11.8 Å². The van der Waals surface area contributed by atoms with Gasteiger partial charge in [-0.3, -0.25) is 4.79 Å². The van der Waals surface area contributed by atoms with Gasteiger partial charge in [0, 0.05) is 23.7 Å². The molecular weight excluding hydrogens is 188 g/mol. The fourth-order valence-corrected chi connectivity index (χ4v) is 2.77. The second-order valence-corrected chi connectivity index (χ2v) is 4.30. The van der Waals surface area contributed by atoms with E-state index < -0.39 is 0 Å². The summed E-state index contributed by atoms with van der Waals surface area (Å²) in [5.74, 6) is 0.866. The number of allylic oxidation sites excluding steroid dienone is 3. The first kappa shape index (κ1) is 8.92. The van der Waals surface area contributed by atoms with E-state index >= 15 is 0 Å². The first-order valence-corrected chi connectivity index (χ1v) is 5.45. The highest BCUT2D eigenvalue weighted by Gasteiger charge is 2.37. The standard InChI is InChI=1S/C12H14N2O/c15-12-9-2-1-3-10-11(9)8(4-6-13-10)5-7-14-12/h1-3,5,7-8,10-11,13H,4,6H2,(H,14,15). The van der Waals surface area contributed by atoms with E-state index in [-0.39, 0.29) is 5.91 Å². The Bertz CT molecular complexity index is 381. The normalized spacial score (nSPS) is 37.7. The topological polar surface area (TPSA) is 41.1 Å². The van der Waals surface area contributed by atoms with Crippen LogP contribution >= 0.6 is 0 Å². The molecule has 3 unspecified atom stereocenters. The summed E-state index contributed by atoms with van der Waals surface area (Å²) >= 11 is 0. The third-order valence-corrected chi connectivity index (χ3v) is 3.48. The number of amides is 1. The van der Waals surface area contributed by atoms with Crippen LogP contribution in [0.5, 0.6) is 0 Å². The molecule has 0 aromatic carbocycles. The fourth-order valence-electron chi connectivity index (χ4n) is 2.77. The first-order valence-electron chi connectivity index (χ1n) is 5.45. The van der Waals surface area contributed by atoms with E-state index in [9.17, 15) is 4.79 Å². The maximum Gasteiger partial charge on any atom is 0.251 e. The van der Waals surface area contributed by atoms with Gasteiger partial charge in [0.15, 0.2) is 0 Å². The highest BCUT2D eigenvalue weighted by atomic mass is 16.1. The third-order valence-electron chi connectivity index (χ3n) is 3.48. The minimum Gasteiger partial charge on any atom is -0.329 e. The maximum absolute atomic E-state index is 11.8. The largest absolute Gasteiger partial charge is 0.329 e. The lowest BCUT2D eigenvalue weighted by molar-refractivity contribution is -0.117. The zero-order valence-electron chi connectivity index (χ0n) is 8.44. The van der Waals surface area contributed by atoms with Crippen LogP contribution < -0.4 is 10.6 Å². The van der Waals surface area contributed by atoms with Crippen molar-refractivity contribution in [1.82, 2.24) is 10.6 Å². The predicted molar refractivity (Wildman–Crippen MR) is 57.9 cm³/mol. The second-order valence-electron chi connectivity index (χ2n) is 4.30. The molecule has 1 amide bonds. The molecule has 2 heterocycles. The smallest absolute Gasteiger partial charge is 0.251 e. The summed E-state index contributed by atoms with van der Waals surface area (Å²) in [5, 5.41) is 6.26. The molecule has 3 rings (SSSR count). The molecule has 0 bridgehead atoms. The lowest BCUT2D eigenvalue weighted by atomic mass is 9.74. The van der Waals surface area contributed by atoms with E-state index in [1.165, 1.54) is 0 Å². The van der Waals surface area contributed by atoms with Crippen molar-refractivity contribution < 1.29 is 4.79 Å². The number of carbonyl (C=O) groups excluding carboxylic acids is 1. The Morgan fingerprint density at radius 1 is 1.33 bits per heavy atom. The Morgan fingerprint density at radius 3 is 3.20 bits per heavy atom. The molecule has 0 aromatic heterocycles. The molecule has 3 heteroatoms. The second kappa shape index (κ2) is 3.35. The summed E-state index contributed by atoms with van der Waals surface area (Å²) in [6.45, 7) is 1.03. The van der Waals surface area contributed by atoms with Crippen molar-refractivity contribution >= 4 is 5.91 Å². The van der Waals surface area contributed by atoms with Crippen LogP contribution in [-0.4, -0.2) is 18.5 Å². The quantitative estimate of drug-likeness (QED) is 0.607. The van der Waals surface area contributed by atoms with Crippen molar-refractivity contribution in [3.8, 4) is 0 Å². The van der Waals surface area contributed by atoms with Crippen LogP contribution in [0, 0.1) is 11.8 Å².